The Hall–Kier alpha value is -0.260. The molecule has 0 aliphatic carbocycles. The van der Waals surface area contributed by atoms with E-state index in [1.54, 1.807) is 0 Å². The molecule has 6 heteroatoms. The van der Waals surface area contributed by atoms with Gasteiger partial charge >= 0.3 is 0 Å². The zero-order chi connectivity index (χ0) is 13.1. The predicted molar refractivity (Wildman–Crippen MR) is 81.1 cm³/mol. The molecule has 1 atom stereocenters. The van der Waals surface area contributed by atoms with Crippen molar-refractivity contribution in [2.75, 3.05) is 11.9 Å². The van der Waals surface area contributed by atoms with Crippen molar-refractivity contribution in [3.63, 3.8) is 0 Å². The van der Waals surface area contributed by atoms with E-state index in [2.05, 4.69) is 42.5 Å². The lowest BCUT2D eigenvalue weighted by Crippen LogP contribution is -2.38. The maximum atomic E-state index is 11.9. The van der Waals surface area contributed by atoms with Crippen molar-refractivity contribution < 1.29 is 4.79 Å². The van der Waals surface area contributed by atoms with Crippen LogP contribution in [-0.2, 0) is 4.79 Å². The summed E-state index contributed by atoms with van der Waals surface area (Å²) in [5.41, 5.74) is 0.862. The molecule has 2 rings (SSSR count). The minimum atomic E-state index is -0.193. The summed E-state index contributed by atoms with van der Waals surface area (Å²) in [4.78, 5) is 11.9. The monoisotopic (exact) mass is 394 g/mol. The van der Waals surface area contributed by atoms with Crippen LogP contribution in [0.3, 0.4) is 0 Å². The molecule has 1 aromatic rings. The molecule has 1 saturated heterocycles. The number of carbonyl (C=O) groups excluding carboxylic acids is 1. The van der Waals surface area contributed by atoms with Crippen LogP contribution >= 0.6 is 43.5 Å². The van der Waals surface area contributed by atoms with Gasteiger partial charge in [0.15, 0.2) is 0 Å². The van der Waals surface area contributed by atoms with Crippen molar-refractivity contribution >= 4 is 55.1 Å². The van der Waals surface area contributed by atoms with E-state index in [1.165, 1.54) is 0 Å². The standard InChI is InChI=1S/C12H13Br2ClN2O/c13-8-5-7(15)6-9(14)11(8)17-10-3-1-2-4-16-12(10)18/h5-6,10,17H,1-4H2,(H,16,18). The zero-order valence-corrected chi connectivity index (χ0v) is 13.5. The van der Waals surface area contributed by atoms with E-state index in [0.717, 1.165) is 40.4 Å². The second-order valence-electron chi connectivity index (χ2n) is 4.23. The highest BCUT2D eigenvalue weighted by atomic mass is 79.9. The summed E-state index contributed by atoms with van der Waals surface area (Å²) >= 11 is 12.9. The Bertz CT molecular complexity index is 444. The van der Waals surface area contributed by atoms with Crippen LogP contribution in [0.15, 0.2) is 21.1 Å². The van der Waals surface area contributed by atoms with Gasteiger partial charge in [-0.1, -0.05) is 11.6 Å². The highest BCUT2D eigenvalue weighted by molar-refractivity contribution is 9.11. The first kappa shape index (κ1) is 14.2. The second-order valence-corrected chi connectivity index (χ2v) is 6.37. The molecule has 1 aromatic carbocycles. The first-order valence-corrected chi connectivity index (χ1v) is 7.73. The average molecular weight is 397 g/mol. The Kier molecular flexibility index (Phi) is 4.92. The Morgan fingerprint density at radius 2 is 1.94 bits per heavy atom. The number of hydrogen-bond acceptors (Lipinski definition) is 2. The summed E-state index contributed by atoms with van der Waals surface area (Å²) in [6.07, 6.45) is 2.92. The van der Waals surface area contributed by atoms with Gasteiger partial charge in [-0.15, -0.1) is 0 Å². The third kappa shape index (κ3) is 3.39. The minimum absolute atomic E-state index is 0.0567. The number of hydrogen-bond donors (Lipinski definition) is 2. The number of anilines is 1. The molecule has 1 unspecified atom stereocenters. The van der Waals surface area contributed by atoms with Gasteiger partial charge in [0, 0.05) is 20.5 Å². The smallest absolute Gasteiger partial charge is 0.242 e. The van der Waals surface area contributed by atoms with Gasteiger partial charge in [0.1, 0.15) is 6.04 Å². The maximum absolute atomic E-state index is 11.9. The van der Waals surface area contributed by atoms with Crippen LogP contribution < -0.4 is 10.6 Å². The van der Waals surface area contributed by atoms with Crippen molar-refractivity contribution in [1.29, 1.82) is 0 Å². The lowest BCUT2D eigenvalue weighted by molar-refractivity contribution is -0.121. The molecule has 1 aliphatic heterocycles. The SMILES string of the molecule is O=C1NCCCCC1Nc1c(Br)cc(Cl)cc1Br. The van der Waals surface area contributed by atoms with Crippen LogP contribution in [-0.4, -0.2) is 18.5 Å². The number of rotatable bonds is 2. The van der Waals surface area contributed by atoms with Crippen LogP contribution in [0.2, 0.25) is 5.02 Å². The summed E-state index contributed by atoms with van der Waals surface area (Å²) in [7, 11) is 0. The van der Waals surface area contributed by atoms with Crippen molar-refractivity contribution in [2.24, 2.45) is 0 Å². The highest BCUT2D eigenvalue weighted by Crippen LogP contribution is 2.35. The van der Waals surface area contributed by atoms with E-state index < -0.39 is 0 Å². The van der Waals surface area contributed by atoms with E-state index in [4.69, 9.17) is 11.6 Å². The third-order valence-corrected chi connectivity index (χ3v) is 4.33. The van der Waals surface area contributed by atoms with Gasteiger partial charge in [0.25, 0.3) is 0 Å². The van der Waals surface area contributed by atoms with E-state index in [9.17, 15) is 4.79 Å². The van der Waals surface area contributed by atoms with Gasteiger partial charge in [-0.2, -0.15) is 0 Å². The van der Waals surface area contributed by atoms with Gasteiger partial charge in [-0.25, -0.2) is 0 Å². The lowest BCUT2D eigenvalue weighted by atomic mass is 10.1. The molecule has 3 nitrogen and oxygen atoms in total. The number of amides is 1. The number of benzene rings is 1. The average Bonchev–Trinajstić information content (AvgIpc) is 2.49. The summed E-state index contributed by atoms with van der Waals surface area (Å²) in [6, 6.07) is 3.42. The van der Waals surface area contributed by atoms with Gasteiger partial charge in [-0.05, 0) is 63.3 Å². The second kappa shape index (κ2) is 6.26. The highest BCUT2D eigenvalue weighted by Gasteiger charge is 2.22. The molecule has 2 N–H and O–H groups in total. The first-order valence-electron chi connectivity index (χ1n) is 5.76. The molecule has 0 spiro atoms. The van der Waals surface area contributed by atoms with Gasteiger partial charge in [0.2, 0.25) is 5.91 Å². The van der Waals surface area contributed by atoms with Gasteiger partial charge < -0.3 is 10.6 Å². The fourth-order valence-electron chi connectivity index (χ4n) is 1.93. The van der Waals surface area contributed by atoms with E-state index in [1.807, 2.05) is 12.1 Å². The van der Waals surface area contributed by atoms with Crippen molar-refractivity contribution in [3.8, 4) is 0 Å². The summed E-state index contributed by atoms with van der Waals surface area (Å²) in [5.74, 6) is 0.0567. The maximum Gasteiger partial charge on any atom is 0.242 e. The molecule has 0 bridgehead atoms. The Morgan fingerprint density at radius 3 is 2.61 bits per heavy atom. The van der Waals surface area contributed by atoms with E-state index in [-0.39, 0.29) is 11.9 Å². The first-order chi connectivity index (χ1) is 8.58. The number of nitrogens with one attached hydrogen (secondary N) is 2. The molecular formula is C12H13Br2ClN2O. The molecule has 1 amide bonds. The topological polar surface area (TPSA) is 41.1 Å². The van der Waals surface area contributed by atoms with E-state index >= 15 is 0 Å². The minimum Gasteiger partial charge on any atom is -0.372 e. The Balaban J connectivity index is 2.20. The van der Waals surface area contributed by atoms with Crippen LogP contribution in [0.25, 0.3) is 0 Å². The van der Waals surface area contributed by atoms with Crippen molar-refractivity contribution in [1.82, 2.24) is 5.32 Å². The van der Waals surface area contributed by atoms with Crippen LogP contribution in [0.1, 0.15) is 19.3 Å². The van der Waals surface area contributed by atoms with Gasteiger partial charge in [0.05, 0.1) is 5.69 Å². The molecule has 0 aromatic heterocycles. The molecule has 1 aliphatic rings. The number of halogens is 3. The zero-order valence-electron chi connectivity index (χ0n) is 9.60. The quantitative estimate of drug-likeness (QED) is 0.795. The summed E-state index contributed by atoms with van der Waals surface area (Å²) in [6.45, 7) is 0.764. The van der Waals surface area contributed by atoms with Crippen molar-refractivity contribution in [3.05, 3.63) is 26.1 Å². The molecule has 98 valence electrons. The van der Waals surface area contributed by atoms with Crippen LogP contribution in [0.5, 0.6) is 0 Å². The van der Waals surface area contributed by atoms with Gasteiger partial charge in [-0.3, -0.25) is 4.79 Å². The predicted octanol–water partition coefficient (Wildman–Crippen LogP) is 3.95. The van der Waals surface area contributed by atoms with Crippen LogP contribution in [0, 0.1) is 0 Å². The molecule has 1 heterocycles. The molecule has 0 radical (unpaired) electrons. The molecule has 1 fully saturated rings. The molecule has 0 saturated carbocycles. The van der Waals surface area contributed by atoms with E-state index in [0.29, 0.717) is 5.02 Å². The summed E-state index contributed by atoms with van der Waals surface area (Å²) < 4.78 is 1.69. The summed E-state index contributed by atoms with van der Waals surface area (Å²) in [5, 5.41) is 6.82. The van der Waals surface area contributed by atoms with Crippen LogP contribution in [0.4, 0.5) is 5.69 Å². The Morgan fingerprint density at radius 1 is 1.28 bits per heavy atom. The fourth-order valence-corrected chi connectivity index (χ4v) is 3.83. The molecular weight excluding hydrogens is 383 g/mol. The Labute approximate surface area is 128 Å². The molecule has 18 heavy (non-hydrogen) atoms. The fraction of sp³-hybridized carbons (Fsp3) is 0.417. The lowest BCUT2D eigenvalue weighted by Gasteiger charge is -2.19. The van der Waals surface area contributed by atoms with Crippen molar-refractivity contribution in [2.45, 2.75) is 25.3 Å². The largest absolute Gasteiger partial charge is 0.372 e. The normalized spacial score (nSPS) is 20.2. The third-order valence-electron chi connectivity index (χ3n) is 2.86. The number of carbonyl (C=O) groups is 1.